The lowest BCUT2D eigenvalue weighted by atomic mass is 10.4. The summed E-state index contributed by atoms with van der Waals surface area (Å²) in [5.41, 5.74) is 0. The van der Waals surface area contributed by atoms with E-state index in [4.69, 9.17) is 10.7 Å². The fourth-order valence-electron chi connectivity index (χ4n) is 1.07. The molecule has 1 aromatic heterocycles. The van der Waals surface area contributed by atoms with Gasteiger partial charge in [-0.2, -0.15) is 0 Å². The number of hydrogen-bond acceptors (Lipinski definition) is 1. The van der Waals surface area contributed by atoms with Gasteiger partial charge in [-0.1, -0.05) is 34.9 Å². The molecule has 0 radical (unpaired) electrons. The second-order valence-corrected chi connectivity index (χ2v) is 6.39. The highest BCUT2D eigenvalue weighted by atomic mass is 35.7. The molecule has 0 aliphatic carbocycles. The zero-order valence-corrected chi connectivity index (χ0v) is 9.32. The van der Waals surface area contributed by atoms with Gasteiger partial charge in [-0.3, -0.25) is 0 Å². The van der Waals surface area contributed by atoms with Crippen LogP contribution >= 0.6 is 32.1 Å². The average molecular weight is 229 g/mol. The highest BCUT2D eigenvalue weighted by Gasteiger charge is 2.05. The molecule has 0 N–H and O–H groups in total. The standard InChI is InChI=1S/C10H9ClS2/c11-13(10-7-4-8-12-10)9-5-2-1-3-6-9/h1-8,13H. The van der Waals surface area contributed by atoms with E-state index in [1.165, 1.54) is 9.10 Å². The van der Waals surface area contributed by atoms with Gasteiger partial charge in [0.15, 0.2) is 0 Å². The maximum atomic E-state index is 6.35. The van der Waals surface area contributed by atoms with E-state index < -0.39 is 10.1 Å². The van der Waals surface area contributed by atoms with Gasteiger partial charge in [-0.15, -0.1) is 21.4 Å². The van der Waals surface area contributed by atoms with Crippen LogP contribution in [0.3, 0.4) is 0 Å². The van der Waals surface area contributed by atoms with Crippen LogP contribution in [0.2, 0.25) is 0 Å². The predicted octanol–water partition coefficient (Wildman–Crippen LogP) is 4.32. The van der Waals surface area contributed by atoms with Gasteiger partial charge in [0.2, 0.25) is 0 Å². The number of hydrogen-bond donors (Lipinski definition) is 1. The molecule has 2 rings (SSSR count). The van der Waals surface area contributed by atoms with Crippen molar-refractivity contribution in [3.8, 4) is 0 Å². The second kappa shape index (κ2) is 4.18. The molecule has 0 spiro atoms. The molecule has 1 atom stereocenters. The van der Waals surface area contributed by atoms with Gasteiger partial charge >= 0.3 is 0 Å². The fraction of sp³-hybridized carbons (Fsp3) is 0. The third-order valence-electron chi connectivity index (χ3n) is 1.68. The third-order valence-corrected chi connectivity index (χ3v) is 5.94. The molecule has 0 aliphatic rings. The van der Waals surface area contributed by atoms with Crippen LogP contribution in [0.1, 0.15) is 0 Å². The Bertz CT molecular complexity index is 356. The zero-order chi connectivity index (χ0) is 9.10. The first-order chi connectivity index (χ1) is 6.38. The molecular formula is C10H9ClS2. The van der Waals surface area contributed by atoms with Gasteiger partial charge in [0, 0.05) is 4.90 Å². The summed E-state index contributed by atoms with van der Waals surface area (Å²) in [5.74, 6) is 0. The first-order valence-electron chi connectivity index (χ1n) is 3.92. The van der Waals surface area contributed by atoms with E-state index in [2.05, 4.69) is 23.6 Å². The van der Waals surface area contributed by atoms with E-state index in [0.29, 0.717) is 0 Å². The largest absolute Gasteiger partial charge is 0.138 e. The van der Waals surface area contributed by atoms with Gasteiger partial charge in [-0.25, -0.2) is 0 Å². The monoisotopic (exact) mass is 228 g/mol. The Morgan fingerprint density at radius 3 is 2.38 bits per heavy atom. The molecule has 0 amide bonds. The van der Waals surface area contributed by atoms with Crippen LogP contribution in [0.4, 0.5) is 0 Å². The molecule has 68 valence electrons. The highest BCUT2D eigenvalue weighted by Crippen LogP contribution is 2.50. The van der Waals surface area contributed by atoms with Crippen molar-refractivity contribution in [2.24, 2.45) is 0 Å². The molecule has 0 nitrogen and oxygen atoms in total. The number of halogens is 1. The first-order valence-corrected chi connectivity index (χ1v) is 7.05. The van der Waals surface area contributed by atoms with E-state index in [9.17, 15) is 0 Å². The SMILES string of the molecule is Cl[SH](c1ccccc1)c1cccs1. The zero-order valence-electron chi connectivity index (χ0n) is 6.85. The van der Waals surface area contributed by atoms with Crippen LogP contribution in [0.5, 0.6) is 0 Å². The molecule has 0 saturated carbocycles. The Hall–Kier alpha value is -0.440. The van der Waals surface area contributed by atoms with E-state index >= 15 is 0 Å². The Kier molecular flexibility index (Phi) is 2.94. The quantitative estimate of drug-likeness (QED) is 0.728. The second-order valence-electron chi connectivity index (χ2n) is 2.57. The predicted molar refractivity (Wildman–Crippen MR) is 62.1 cm³/mol. The van der Waals surface area contributed by atoms with Crippen LogP contribution < -0.4 is 0 Å². The summed E-state index contributed by atoms with van der Waals surface area (Å²) in [6.45, 7) is 0. The number of thiol groups is 1. The molecule has 2 aromatic rings. The molecule has 0 bridgehead atoms. The summed E-state index contributed by atoms with van der Waals surface area (Å²) in [7, 11) is 5.71. The Morgan fingerprint density at radius 1 is 1.00 bits per heavy atom. The van der Waals surface area contributed by atoms with Gasteiger partial charge in [0.25, 0.3) is 0 Å². The molecular weight excluding hydrogens is 220 g/mol. The van der Waals surface area contributed by atoms with Crippen molar-refractivity contribution in [2.75, 3.05) is 0 Å². The molecule has 1 heterocycles. The highest BCUT2D eigenvalue weighted by molar-refractivity contribution is 8.37. The van der Waals surface area contributed by atoms with Crippen LogP contribution in [-0.4, -0.2) is 0 Å². The molecule has 0 aliphatic heterocycles. The first kappa shape index (κ1) is 9.13. The Morgan fingerprint density at radius 2 is 1.77 bits per heavy atom. The Balaban J connectivity index is 2.29. The number of benzene rings is 1. The molecule has 3 heteroatoms. The van der Waals surface area contributed by atoms with Crippen molar-refractivity contribution >= 4 is 32.1 Å². The summed E-state index contributed by atoms with van der Waals surface area (Å²) in [6.07, 6.45) is 0. The minimum absolute atomic E-state index is 0.643. The van der Waals surface area contributed by atoms with Crippen LogP contribution in [-0.2, 0) is 0 Å². The Labute approximate surface area is 89.0 Å². The summed E-state index contributed by atoms with van der Waals surface area (Å²) < 4.78 is 1.27. The molecule has 13 heavy (non-hydrogen) atoms. The molecule has 0 fully saturated rings. The number of thiophene rings is 1. The smallest absolute Gasteiger partial charge is 0.0572 e. The van der Waals surface area contributed by atoms with Crippen LogP contribution in [0, 0.1) is 0 Å². The van der Waals surface area contributed by atoms with Crippen molar-refractivity contribution in [1.29, 1.82) is 0 Å². The minimum Gasteiger partial charge on any atom is -0.138 e. The average Bonchev–Trinajstić information content (AvgIpc) is 2.71. The van der Waals surface area contributed by atoms with Gasteiger partial charge in [-0.05, 0) is 23.6 Å². The third kappa shape index (κ3) is 2.08. The minimum atomic E-state index is -0.643. The maximum absolute atomic E-state index is 6.35. The molecule has 1 aromatic carbocycles. The molecule has 1 unspecified atom stereocenters. The lowest BCUT2D eigenvalue weighted by molar-refractivity contribution is 1.45. The van der Waals surface area contributed by atoms with Gasteiger partial charge in [0.05, 0.1) is 4.21 Å². The van der Waals surface area contributed by atoms with Crippen molar-refractivity contribution in [3.63, 3.8) is 0 Å². The lowest BCUT2D eigenvalue weighted by Crippen LogP contribution is -1.72. The van der Waals surface area contributed by atoms with Crippen molar-refractivity contribution in [3.05, 3.63) is 47.8 Å². The molecule has 0 saturated heterocycles. The lowest BCUT2D eigenvalue weighted by Gasteiger charge is -2.10. The van der Waals surface area contributed by atoms with Crippen LogP contribution in [0.25, 0.3) is 0 Å². The van der Waals surface area contributed by atoms with Gasteiger partial charge < -0.3 is 0 Å². The number of rotatable bonds is 2. The van der Waals surface area contributed by atoms with Gasteiger partial charge in [0.1, 0.15) is 0 Å². The maximum Gasteiger partial charge on any atom is 0.0572 e. The summed E-state index contributed by atoms with van der Waals surface area (Å²) in [5, 5.41) is 2.07. The van der Waals surface area contributed by atoms with E-state index in [0.717, 1.165) is 0 Å². The van der Waals surface area contributed by atoms with Crippen molar-refractivity contribution < 1.29 is 0 Å². The van der Waals surface area contributed by atoms with E-state index in [1.807, 2.05) is 24.3 Å². The van der Waals surface area contributed by atoms with Crippen LogP contribution in [0.15, 0.2) is 56.9 Å². The topological polar surface area (TPSA) is 0 Å². The van der Waals surface area contributed by atoms with E-state index in [1.54, 1.807) is 11.3 Å². The van der Waals surface area contributed by atoms with Crippen molar-refractivity contribution in [1.82, 2.24) is 0 Å². The fourth-order valence-corrected chi connectivity index (χ4v) is 4.16. The summed E-state index contributed by atoms with van der Waals surface area (Å²) in [4.78, 5) is 1.22. The summed E-state index contributed by atoms with van der Waals surface area (Å²) >= 11 is 1.72. The summed E-state index contributed by atoms with van der Waals surface area (Å²) in [6, 6.07) is 14.4. The van der Waals surface area contributed by atoms with Crippen molar-refractivity contribution in [2.45, 2.75) is 9.10 Å². The van der Waals surface area contributed by atoms with E-state index in [-0.39, 0.29) is 0 Å². The normalized spacial score (nSPS) is 14.1.